The summed E-state index contributed by atoms with van der Waals surface area (Å²) < 4.78 is 11.8. The number of carbonyl (C=O) groups excluding carboxylic acids is 2. The maximum absolute atomic E-state index is 12.6. The molecule has 3 rings (SSSR count). The Morgan fingerprint density at radius 1 is 1.36 bits per heavy atom. The molecule has 1 aliphatic heterocycles. The van der Waals surface area contributed by atoms with Gasteiger partial charge in [-0.1, -0.05) is 25.6 Å². The molecule has 0 spiro atoms. The van der Waals surface area contributed by atoms with Gasteiger partial charge in [-0.25, -0.2) is 14.6 Å². The highest BCUT2D eigenvalue weighted by atomic mass is 32.1. The van der Waals surface area contributed by atoms with Crippen LogP contribution in [0.1, 0.15) is 64.1 Å². The molecule has 1 aromatic carbocycles. The van der Waals surface area contributed by atoms with Gasteiger partial charge in [-0.2, -0.15) is 0 Å². The van der Waals surface area contributed by atoms with Gasteiger partial charge < -0.3 is 19.7 Å². The van der Waals surface area contributed by atoms with Crippen LogP contribution in [-0.4, -0.2) is 46.9 Å². The number of piperidine rings is 1. The number of hydrogen-bond donors (Lipinski definition) is 1. The van der Waals surface area contributed by atoms with Crippen molar-refractivity contribution in [1.82, 2.24) is 15.2 Å². The van der Waals surface area contributed by atoms with E-state index < -0.39 is 11.7 Å². The Morgan fingerprint density at radius 2 is 2.12 bits per heavy atom. The van der Waals surface area contributed by atoms with E-state index in [2.05, 4.69) is 37.0 Å². The summed E-state index contributed by atoms with van der Waals surface area (Å²) in [7, 11) is 0. The molecule has 180 valence electrons. The predicted molar refractivity (Wildman–Crippen MR) is 132 cm³/mol. The number of rotatable bonds is 6. The fraction of sp³-hybridized carbons (Fsp3) is 0.560. The Bertz CT molecular complexity index is 997. The lowest BCUT2D eigenvalue weighted by atomic mass is 9.90. The van der Waals surface area contributed by atoms with E-state index >= 15 is 0 Å². The van der Waals surface area contributed by atoms with Crippen LogP contribution in [0.25, 0.3) is 10.2 Å². The van der Waals surface area contributed by atoms with Gasteiger partial charge in [-0.15, -0.1) is 11.3 Å². The first-order valence-corrected chi connectivity index (χ1v) is 12.3. The SMILES string of the molecule is C=CCOC(=O)N1C[C@@H](C)CC[C@@H]1c1ccc2sc(C[C@H](C)NC(=O)OC(C)(C)C)nc2c1. The van der Waals surface area contributed by atoms with E-state index in [9.17, 15) is 9.59 Å². The molecule has 1 aliphatic rings. The Kier molecular flexibility index (Phi) is 8.00. The largest absolute Gasteiger partial charge is 0.445 e. The van der Waals surface area contributed by atoms with Crippen molar-refractivity contribution in [1.29, 1.82) is 0 Å². The summed E-state index contributed by atoms with van der Waals surface area (Å²) in [6.45, 7) is 14.1. The summed E-state index contributed by atoms with van der Waals surface area (Å²) in [6.07, 6.45) is 3.44. The number of ether oxygens (including phenoxy) is 2. The predicted octanol–water partition coefficient (Wildman–Crippen LogP) is 5.85. The zero-order valence-corrected chi connectivity index (χ0v) is 21.0. The number of amides is 2. The van der Waals surface area contributed by atoms with E-state index in [0.29, 0.717) is 18.9 Å². The normalized spacial score (nSPS) is 19.7. The molecule has 0 unspecified atom stereocenters. The molecular weight excluding hydrogens is 438 g/mol. The maximum Gasteiger partial charge on any atom is 0.410 e. The zero-order chi connectivity index (χ0) is 24.2. The standard InChI is InChI=1S/C25H35N3O4S/c1-7-12-31-24(30)28-15-16(2)8-10-20(28)18-9-11-21-19(14-18)27-22(33-21)13-17(3)26-23(29)32-25(4,5)6/h7,9,11,14,16-17,20H,1,8,10,12-13,15H2,2-6H3,(H,26,29)/t16-,17-,20+/m0/s1. The van der Waals surface area contributed by atoms with E-state index in [1.54, 1.807) is 17.4 Å². The van der Waals surface area contributed by atoms with Gasteiger partial charge >= 0.3 is 12.2 Å². The lowest BCUT2D eigenvalue weighted by Gasteiger charge is -2.38. The van der Waals surface area contributed by atoms with Crippen LogP contribution < -0.4 is 5.32 Å². The number of aromatic nitrogens is 1. The smallest absolute Gasteiger partial charge is 0.410 e. The van der Waals surface area contributed by atoms with Gasteiger partial charge in [0.2, 0.25) is 0 Å². The lowest BCUT2D eigenvalue weighted by Crippen LogP contribution is -2.41. The molecule has 2 aromatic rings. The number of carbonyl (C=O) groups is 2. The summed E-state index contributed by atoms with van der Waals surface area (Å²) in [4.78, 5) is 31.3. The quantitative estimate of drug-likeness (QED) is 0.533. The number of benzene rings is 1. The van der Waals surface area contributed by atoms with E-state index in [0.717, 1.165) is 33.6 Å². The van der Waals surface area contributed by atoms with Gasteiger partial charge in [0.15, 0.2) is 0 Å². The van der Waals surface area contributed by atoms with Crippen molar-refractivity contribution in [3.8, 4) is 0 Å². The molecule has 2 amide bonds. The minimum absolute atomic E-state index is 0.0270. The monoisotopic (exact) mass is 473 g/mol. The van der Waals surface area contributed by atoms with Gasteiger partial charge in [0, 0.05) is 19.0 Å². The van der Waals surface area contributed by atoms with Gasteiger partial charge in [0.25, 0.3) is 0 Å². The van der Waals surface area contributed by atoms with E-state index in [-0.39, 0.29) is 24.8 Å². The van der Waals surface area contributed by atoms with E-state index in [1.807, 2.05) is 32.6 Å². The highest BCUT2D eigenvalue weighted by Crippen LogP contribution is 2.36. The van der Waals surface area contributed by atoms with Crippen molar-refractivity contribution < 1.29 is 19.1 Å². The summed E-state index contributed by atoms with van der Waals surface area (Å²) in [5.41, 5.74) is 1.45. The van der Waals surface area contributed by atoms with Crippen molar-refractivity contribution >= 4 is 33.7 Å². The second-order valence-electron chi connectivity index (χ2n) is 9.80. The first-order chi connectivity index (χ1) is 15.6. The molecule has 3 atom stereocenters. The topological polar surface area (TPSA) is 80.8 Å². The molecule has 0 aliphatic carbocycles. The average Bonchev–Trinajstić information content (AvgIpc) is 3.11. The Hall–Kier alpha value is -2.61. The molecule has 8 heteroatoms. The highest BCUT2D eigenvalue weighted by Gasteiger charge is 2.32. The fourth-order valence-corrected chi connectivity index (χ4v) is 5.10. The van der Waals surface area contributed by atoms with Crippen molar-refractivity contribution in [2.45, 2.75) is 71.6 Å². The van der Waals surface area contributed by atoms with Crippen LogP contribution in [0.5, 0.6) is 0 Å². The van der Waals surface area contributed by atoms with Crippen molar-refractivity contribution in [2.24, 2.45) is 5.92 Å². The molecule has 1 fully saturated rings. The highest BCUT2D eigenvalue weighted by molar-refractivity contribution is 7.18. The van der Waals surface area contributed by atoms with Crippen molar-refractivity contribution in [2.75, 3.05) is 13.2 Å². The number of fused-ring (bicyclic) bond motifs is 1. The minimum Gasteiger partial charge on any atom is -0.445 e. The van der Waals surface area contributed by atoms with Crippen LogP contribution in [0, 0.1) is 5.92 Å². The summed E-state index contributed by atoms with van der Waals surface area (Å²) in [5.74, 6) is 0.436. The van der Waals surface area contributed by atoms with Crippen LogP contribution in [0.3, 0.4) is 0 Å². The van der Waals surface area contributed by atoms with Gasteiger partial charge in [0.05, 0.1) is 21.3 Å². The number of nitrogens with zero attached hydrogens (tertiary/aromatic N) is 2. The first kappa shape index (κ1) is 25.0. The third kappa shape index (κ3) is 6.93. The van der Waals surface area contributed by atoms with Gasteiger partial charge in [-0.3, -0.25) is 0 Å². The lowest BCUT2D eigenvalue weighted by molar-refractivity contribution is 0.0508. The number of likely N-dealkylation sites (tertiary alicyclic amines) is 1. The molecule has 1 N–H and O–H groups in total. The van der Waals surface area contributed by atoms with Gasteiger partial charge in [-0.05, 0) is 64.2 Å². The van der Waals surface area contributed by atoms with Crippen LogP contribution >= 0.6 is 11.3 Å². The van der Waals surface area contributed by atoms with Crippen LogP contribution in [0.15, 0.2) is 30.9 Å². The second kappa shape index (κ2) is 10.5. The molecule has 1 aromatic heterocycles. The number of hydrogen-bond acceptors (Lipinski definition) is 6. The fourth-order valence-electron chi connectivity index (χ4n) is 4.02. The Balaban J connectivity index is 1.72. The van der Waals surface area contributed by atoms with Crippen molar-refractivity contribution in [3.05, 3.63) is 41.4 Å². The third-order valence-corrected chi connectivity index (χ3v) is 6.52. The van der Waals surface area contributed by atoms with Crippen LogP contribution in [0.4, 0.5) is 9.59 Å². The molecule has 2 heterocycles. The van der Waals surface area contributed by atoms with Gasteiger partial charge in [0.1, 0.15) is 12.2 Å². The average molecular weight is 474 g/mol. The molecule has 0 saturated carbocycles. The zero-order valence-electron chi connectivity index (χ0n) is 20.2. The van der Waals surface area contributed by atoms with E-state index in [1.165, 1.54) is 0 Å². The molecule has 7 nitrogen and oxygen atoms in total. The summed E-state index contributed by atoms with van der Waals surface area (Å²) >= 11 is 1.62. The summed E-state index contributed by atoms with van der Waals surface area (Å²) in [5, 5.41) is 3.82. The van der Waals surface area contributed by atoms with Crippen LogP contribution in [0.2, 0.25) is 0 Å². The molecule has 0 radical (unpaired) electrons. The minimum atomic E-state index is -0.529. The third-order valence-electron chi connectivity index (χ3n) is 5.46. The molecule has 33 heavy (non-hydrogen) atoms. The number of alkyl carbamates (subject to hydrolysis) is 1. The molecular formula is C25H35N3O4S. The van der Waals surface area contributed by atoms with E-state index in [4.69, 9.17) is 14.5 Å². The number of nitrogens with one attached hydrogen (secondary N) is 1. The number of thiazole rings is 1. The Labute approximate surface area is 200 Å². The Morgan fingerprint density at radius 3 is 2.82 bits per heavy atom. The summed E-state index contributed by atoms with van der Waals surface area (Å²) in [6, 6.07) is 6.11. The second-order valence-corrected chi connectivity index (χ2v) is 10.9. The molecule has 1 saturated heterocycles. The van der Waals surface area contributed by atoms with Crippen molar-refractivity contribution in [3.63, 3.8) is 0 Å². The van der Waals surface area contributed by atoms with Crippen LogP contribution in [-0.2, 0) is 15.9 Å². The first-order valence-electron chi connectivity index (χ1n) is 11.5. The molecule has 0 bridgehead atoms. The maximum atomic E-state index is 12.6.